The van der Waals surface area contributed by atoms with E-state index in [0.29, 0.717) is 41.1 Å². The zero-order valence-corrected chi connectivity index (χ0v) is 35.1. The molecule has 12 nitrogen and oxygen atoms in total. The van der Waals surface area contributed by atoms with Gasteiger partial charge in [0.2, 0.25) is 0 Å². The van der Waals surface area contributed by atoms with Crippen LogP contribution in [0.25, 0.3) is 0 Å². The summed E-state index contributed by atoms with van der Waals surface area (Å²) in [6.07, 6.45) is 12.7. The van der Waals surface area contributed by atoms with Gasteiger partial charge < -0.3 is 38.8 Å². The molecule has 1 aromatic heterocycles. The highest BCUT2D eigenvalue weighted by atomic mass is 16.6. The number of hydrogen-bond acceptors (Lipinski definition) is 12. The van der Waals surface area contributed by atoms with Crippen molar-refractivity contribution in [2.24, 2.45) is 5.92 Å². The number of carbonyl (C=O) groups excluding carboxylic acids is 2. The third-order valence-electron chi connectivity index (χ3n) is 11.9. The maximum Gasteiger partial charge on any atom is 0.346 e. The highest BCUT2D eigenvalue weighted by Crippen LogP contribution is 2.40. The molecule has 2 saturated carbocycles. The van der Waals surface area contributed by atoms with Gasteiger partial charge >= 0.3 is 11.9 Å². The number of hydrogen-bond donors (Lipinski definition) is 1. The molecule has 8 rings (SSSR count). The molecule has 5 aromatic rings. The fraction of sp³-hybridized carbons (Fsp3) is 0.388. The summed E-state index contributed by atoms with van der Waals surface area (Å²) in [6, 6.07) is 29.9. The second-order valence-corrected chi connectivity index (χ2v) is 16.1. The summed E-state index contributed by atoms with van der Waals surface area (Å²) in [7, 11) is 3.30. The molecule has 0 amide bonds. The SMILES string of the molecule is COc1ccc(N(Cc2cccnn2)c2cccc(C(=O)OC(=O)c3cccc(N(CC4CCNCC4)c4ccc(OC)c(OC5CCCC5)c4)c3)c2)cc1OC1CCCC1. The number of esters is 2. The lowest BCUT2D eigenvalue weighted by Gasteiger charge is -2.32. The predicted octanol–water partition coefficient (Wildman–Crippen LogP) is 9.61. The Morgan fingerprint density at radius 3 is 1.66 bits per heavy atom. The summed E-state index contributed by atoms with van der Waals surface area (Å²) < 4.78 is 29.9. The van der Waals surface area contributed by atoms with Crippen LogP contribution < -0.4 is 34.1 Å². The summed E-state index contributed by atoms with van der Waals surface area (Å²) in [5.41, 5.74) is 4.46. The average Bonchev–Trinajstić information content (AvgIpc) is 4.03. The lowest BCUT2D eigenvalue weighted by atomic mass is 9.96. The van der Waals surface area contributed by atoms with Crippen LogP contribution in [-0.2, 0) is 11.3 Å². The molecule has 0 unspecified atom stereocenters. The normalized spacial score (nSPS) is 15.9. The van der Waals surface area contributed by atoms with Crippen molar-refractivity contribution in [2.45, 2.75) is 83.0 Å². The molecule has 2 aliphatic carbocycles. The van der Waals surface area contributed by atoms with E-state index >= 15 is 0 Å². The number of nitrogens with one attached hydrogen (secondary N) is 1. The number of ether oxygens (including phenoxy) is 5. The highest BCUT2D eigenvalue weighted by molar-refractivity contribution is 6.03. The molecule has 1 aliphatic heterocycles. The number of benzene rings is 4. The van der Waals surface area contributed by atoms with Crippen molar-refractivity contribution in [3.63, 3.8) is 0 Å². The van der Waals surface area contributed by atoms with E-state index < -0.39 is 11.9 Å². The molecule has 61 heavy (non-hydrogen) atoms. The van der Waals surface area contributed by atoms with E-state index in [-0.39, 0.29) is 23.3 Å². The molecule has 2 heterocycles. The Bertz CT molecular complexity index is 2250. The van der Waals surface area contributed by atoms with Crippen molar-refractivity contribution in [1.29, 1.82) is 0 Å². The van der Waals surface area contributed by atoms with Crippen molar-refractivity contribution in [3.05, 3.63) is 120 Å². The van der Waals surface area contributed by atoms with E-state index in [1.54, 1.807) is 50.7 Å². The van der Waals surface area contributed by atoms with Gasteiger partial charge in [0.1, 0.15) is 0 Å². The van der Waals surface area contributed by atoms with Crippen LogP contribution in [0, 0.1) is 5.92 Å². The largest absolute Gasteiger partial charge is 0.493 e. The van der Waals surface area contributed by atoms with Gasteiger partial charge in [-0.05, 0) is 156 Å². The van der Waals surface area contributed by atoms with E-state index in [1.807, 2.05) is 71.6 Å². The predicted molar refractivity (Wildman–Crippen MR) is 235 cm³/mol. The van der Waals surface area contributed by atoms with Crippen molar-refractivity contribution in [3.8, 4) is 23.0 Å². The first kappa shape index (κ1) is 41.6. The molecular formula is C49H55N5O7. The van der Waals surface area contributed by atoms with Crippen molar-refractivity contribution < 1.29 is 33.3 Å². The third-order valence-corrected chi connectivity index (χ3v) is 11.9. The number of nitrogens with zero attached hydrogens (tertiary/aromatic N) is 4. The van der Waals surface area contributed by atoms with Gasteiger partial charge in [0.15, 0.2) is 23.0 Å². The summed E-state index contributed by atoms with van der Waals surface area (Å²) in [6.45, 7) is 3.01. The van der Waals surface area contributed by atoms with Gasteiger partial charge in [0, 0.05) is 47.6 Å². The number of aromatic nitrogens is 2. The minimum Gasteiger partial charge on any atom is -0.493 e. The van der Waals surface area contributed by atoms with Crippen LogP contribution in [0.5, 0.6) is 23.0 Å². The van der Waals surface area contributed by atoms with Crippen LogP contribution in [0.3, 0.4) is 0 Å². The van der Waals surface area contributed by atoms with Crippen LogP contribution in [0.15, 0.2) is 103 Å². The minimum absolute atomic E-state index is 0.127. The molecule has 3 fully saturated rings. The van der Waals surface area contributed by atoms with E-state index in [0.717, 1.165) is 107 Å². The van der Waals surface area contributed by atoms with E-state index in [4.69, 9.17) is 23.7 Å². The van der Waals surface area contributed by atoms with Gasteiger partial charge in [-0.1, -0.05) is 12.1 Å². The zero-order valence-electron chi connectivity index (χ0n) is 35.1. The van der Waals surface area contributed by atoms with Gasteiger partial charge in [-0.15, -0.1) is 0 Å². The molecule has 12 heteroatoms. The van der Waals surface area contributed by atoms with Crippen molar-refractivity contribution in [1.82, 2.24) is 15.5 Å². The number of carbonyl (C=O) groups is 2. The first-order chi connectivity index (χ1) is 29.9. The lowest BCUT2D eigenvalue weighted by Crippen LogP contribution is -2.34. The Morgan fingerprint density at radius 2 is 1.13 bits per heavy atom. The summed E-state index contributed by atoms with van der Waals surface area (Å²) in [4.78, 5) is 31.9. The smallest absolute Gasteiger partial charge is 0.346 e. The van der Waals surface area contributed by atoms with Crippen LogP contribution in [0.4, 0.5) is 22.7 Å². The molecule has 3 aliphatic rings. The summed E-state index contributed by atoms with van der Waals surface area (Å²) >= 11 is 0. The van der Waals surface area contributed by atoms with Gasteiger partial charge in [0.25, 0.3) is 0 Å². The van der Waals surface area contributed by atoms with Gasteiger partial charge in [-0.25, -0.2) is 9.59 Å². The van der Waals surface area contributed by atoms with Crippen LogP contribution in [-0.4, -0.2) is 68.2 Å². The summed E-state index contributed by atoms with van der Waals surface area (Å²) in [5, 5.41) is 11.9. The second-order valence-electron chi connectivity index (χ2n) is 16.1. The third kappa shape index (κ3) is 10.4. The fourth-order valence-electron chi connectivity index (χ4n) is 8.62. The molecule has 4 aromatic carbocycles. The van der Waals surface area contributed by atoms with Gasteiger partial charge in [-0.2, -0.15) is 10.2 Å². The van der Waals surface area contributed by atoms with Crippen molar-refractivity contribution in [2.75, 3.05) is 43.7 Å². The first-order valence-electron chi connectivity index (χ1n) is 21.6. The second kappa shape index (κ2) is 19.9. The Kier molecular flexibility index (Phi) is 13.6. The first-order valence-corrected chi connectivity index (χ1v) is 21.6. The lowest BCUT2D eigenvalue weighted by molar-refractivity contribution is 0.0397. The number of methoxy groups -OCH3 is 2. The standard InChI is InChI=1S/C49H55N5O7/c1-57-44-21-19-40(30-46(44)59-42-15-3-4-16-42)53(32-34-23-26-50-27-24-34)38-13-7-10-35(28-38)48(55)61-49(56)36-11-8-14-39(29-36)54(33-37-12-9-25-51-52-37)41-20-22-45(58-2)47(31-41)60-43-17-5-6-18-43/h7-14,19-22,25,28-31,34,42-43,50H,3-6,15-18,23-24,26-27,32-33H2,1-2H3. The molecule has 318 valence electrons. The molecule has 1 N–H and O–H groups in total. The fourth-order valence-corrected chi connectivity index (χ4v) is 8.62. The number of anilines is 4. The van der Waals surface area contributed by atoms with E-state index in [1.165, 1.54) is 0 Å². The van der Waals surface area contributed by atoms with E-state index in [2.05, 4.69) is 20.4 Å². The average molecular weight is 826 g/mol. The maximum atomic E-state index is 13.8. The summed E-state index contributed by atoms with van der Waals surface area (Å²) in [5.74, 6) is 1.64. The Labute approximate surface area is 358 Å². The minimum atomic E-state index is -0.757. The van der Waals surface area contributed by atoms with Crippen LogP contribution in [0.2, 0.25) is 0 Å². The molecule has 0 spiro atoms. The quantitative estimate of drug-likeness (QED) is 0.0753. The molecule has 0 atom stereocenters. The highest BCUT2D eigenvalue weighted by Gasteiger charge is 2.25. The molecule has 1 saturated heterocycles. The Hall–Kier alpha value is -6.14. The number of rotatable bonds is 16. The monoisotopic (exact) mass is 825 g/mol. The molecule has 0 radical (unpaired) electrons. The van der Waals surface area contributed by atoms with Gasteiger partial charge in [-0.3, -0.25) is 0 Å². The Balaban J connectivity index is 1.04. The Morgan fingerprint density at radius 1 is 0.607 bits per heavy atom. The molecule has 0 bridgehead atoms. The van der Waals surface area contributed by atoms with Gasteiger partial charge in [0.05, 0.1) is 49.8 Å². The number of piperidine rings is 1. The topological polar surface area (TPSA) is 125 Å². The van der Waals surface area contributed by atoms with Crippen LogP contribution in [0.1, 0.15) is 90.6 Å². The van der Waals surface area contributed by atoms with Crippen molar-refractivity contribution >= 4 is 34.7 Å². The zero-order chi connectivity index (χ0) is 42.0. The van der Waals surface area contributed by atoms with Crippen LogP contribution >= 0.6 is 0 Å². The molecular weight excluding hydrogens is 771 g/mol. The maximum absolute atomic E-state index is 13.8. The van der Waals surface area contributed by atoms with E-state index in [9.17, 15) is 9.59 Å².